The van der Waals surface area contributed by atoms with Crippen LogP contribution in [0.15, 0.2) is 24.3 Å². The molecule has 308 valence electrons. The number of carbonyl (C=O) groups is 2. The zero-order valence-corrected chi connectivity index (χ0v) is 34.8. The predicted octanol–water partition coefficient (Wildman–Crippen LogP) is 3.38. The Labute approximate surface area is 326 Å². The molecule has 15 atom stereocenters. The Morgan fingerprint density at radius 1 is 1.06 bits per heavy atom. The lowest BCUT2D eigenvalue weighted by Crippen LogP contribution is -2.61. The Morgan fingerprint density at radius 2 is 1.74 bits per heavy atom. The molecule has 0 unspecified atom stereocenters. The lowest BCUT2D eigenvalue weighted by Gasteiger charge is -2.49. The third-order valence-corrected chi connectivity index (χ3v) is 12.0. The minimum absolute atomic E-state index is 0.0485. The molecule has 3 aliphatic rings. The molecule has 0 saturated carbocycles. The fourth-order valence-electron chi connectivity index (χ4n) is 8.70. The SMILES string of the molecule is CO[C@]1(C)C[C@H](O[C@H]2[C@H](C)[C@@H](O[C@@H]3O[C@H](C)C[C@H](N(C)C)[C@H]3O)[C@](C)(O)C[C@@H](C)CN(C)C(=O)C[C@@H](Cc3cccc(Cl)c3)NC(=O)[C@@H]2C)O[C@@H](C)[C@@H]1O. The first-order valence-electron chi connectivity index (χ1n) is 19.4. The van der Waals surface area contributed by atoms with Crippen LogP contribution in [0.3, 0.4) is 0 Å². The summed E-state index contributed by atoms with van der Waals surface area (Å²) in [6.07, 6.45) is -5.42. The number of aliphatic hydroxyl groups is 3. The number of ether oxygens (including phenoxy) is 5. The molecule has 4 N–H and O–H groups in total. The smallest absolute Gasteiger partial charge is 0.225 e. The molecule has 3 heterocycles. The first-order valence-corrected chi connectivity index (χ1v) is 19.7. The van der Waals surface area contributed by atoms with Gasteiger partial charge in [-0.05, 0) is 84.7 Å². The van der Waals surface area contributed by atoms with E-state index in [1.807, 2.05) is 58.0 Å². The van der Waals surface area contributed by atoms with Gasteiger partial charge in [-0.15, -0.1) is 0 Å². The third-order valence-electron chi connectivity index (χ3n) is 11.8. The van der Waals surface area contributed by atoms with E-state index in [-0.39, 0.29) is 49.1 Å². The van der Waals surface area contributed by atoms with E-state index in [1.165, 1.54) is 7.11 Å². The summed E-state index contributed by atoms with van der Waals surface area (Å²) in [5.74, 6) is -2.25. The molecule has 14 heteroatoms. The second-order valence-corrected chi connectivity index (χ2v) is 17.4. The van der Waals surface area contributed by atoms with Crippen molar-refractivity contribution in [1.82, 2.24) is 15.1 Å². The van der Waals surface area contributed by atoms with E-state index >= 15 is 0 Å². The van der Waals surface area contributed by atoms with Gasteiger partial charge in [0.05, 0.1) is 41.5 Å². The summed E-state index contributed by atoms with van der Waals surface area (Å²) in [7, 11) is 7.04. The van der Waals surface area contributed by atoms with Crippen LogP contribution in [0.5, 0.6) is 0 Å². The topological polar surface area (TPSA) is 159 Å². The van der Waals surface area contributed by atoms with Crippen LogP contribution in [0, 0.1) is 17.8 Å². The van der Waals surface area contributed by atoms with Crippen LogP contribution in [-0.4, -0.2) is 144 Å². The van der Waals surface area contributed by atoms with Gasteiger partial charge in [0, 0.05) is 56.6 Å². The quantitative estimate of drug-likeness (QED) is 0.306. The number of benzene rings is 1. The molecule has 0 aromatic heterocycles. The largest absolute Gasteiger partial charge is 0.387 e. The highest BCUT2D eigenvalue weighted by atomic mass is 35.5. The van der Waals surface area contributed by atoms with Crippen molar-refractivity contribution in [2.24, 2.45) is 17.8 Å². The second kappa shape index (κ2) is 18.6. The molecule has 0 bridgehead atoms. The van der Waals surface area contributed by atoms with Gasteiger partial charge in [0.25, 0.3) is 0 Å². The maximum Gasteiger partial charge on any atom is 0.225 e. The first kappa shape index (κ1) is 44.8. The molecule has 13 nitrogen and oxygen atoms in total. The Morgan fingerprint density at radius 3 is 2.37 bits per heavy atom. The maximum absolute atomic E-state index is 14.4. The van der Waals surface area contributed by atoms with Crippen molar-refractivity contribution in [2.75, 3.05) is 34.8 Å². The molecule has 2 amide bonds. The second-order valence-electron chi connectivity index (χ2n) is 17.0. The average molecular weight is 784 g/mol. The summed E-state index contributed by atoms with van der Waals surface area (Å²) in [4.78, 5) is 31.7. The molecule has 4 rings (SSSR count). The van der Waals surface area contributed by atoms with Crippen molar-refractivity contribution < 1.29 is 48.6 Å². The first-order chi connectivity index (χ1) is 25.1. The Hall–Kier alpha value is -1.91. The lowest BCUT2D eigenvalue weighted by atomic mass is 9.77. The minimum atomic E-state index is -1.55. The average Bonchev–Trinajstić information content (AvgIpc) is 3.08. The predicted molar refractivity (Wildman–Crippen MR) is 205 cm³/mol. The van der Waals surface area contributed by atoms with Gasteiger partial charge >= 0.3 is 0 Å². The molecular formula is C40H66ClN3O10. The van der Waals surface area contributed by atoms with E-state index in [0.29, 0.717) is 24.4 Å². The fourth-order valence-corrected chi connectivity index (χ4v) is 8.91. The molecule has 0 radical (unpaired) electrons. The number of halogens is 1. The highest BCUT2D eigenvalue weighted by Crippen LogP contribution is 2.39. The van der Waals surface area contributed by atoms with Gasteiger partial charge in [0.15, 0.2) is 12.6 Å². The van der Waals surface area contributed by atoms with Crippen molar-refractivity contribution in [3.8, 4) is 0 Å². The third kappa shape index (κ3) is 10.9. The number of carbonyl (C=O) groups excluding carboxylic acids is 2. The summed E-state index contributed by atoms with van der Waals surface area (Å²) in [5, 5.41) is 38.7. The Bertz CT molecular complexity index is 1400. The van der Waals surface area contributed by atoms with E-state index < -0.39 is 72.2 Å². The monoisotopic (exact) mass is 783 g/mol. The number of aliphatic hydroxyl groups excluding tert-OH is 2. The highest BCUT2D eigenvalue weighted by molar-refractivity contribution is 6.30. The van der Waals surface area contributed by atoms with Crippen LogP contribution < -0.4 is 5.32 Å². The number of nitrogens with zero attached hydrogens (tertiary/aromatic N) is 2. The molecule has 0 aliphatic carbocycles. The Kier molecular flexibility index (Phi) is 15.4. The van der Waals surface area contributed by atoms with Gasteiger partial charge in [-0.1, -0.05) is 44.5 Å². The number of methoxy groups -OCH3 is 1. The van der Waals surface area contributed by atoms with Crippen molar-refractivity contribution in [3.05, 3.63) is 34.9 Å². The van der Waals surface area contributed by atoms with Gasteiger partial charge in [-0.2, -0.15) is 0 Å². The number of likely N-dealkylation sites (N-methyl/N-ethyl adjacent to an activating group) is 1. The van der Waals surface area contributed by atoms with Crippen molar-refractivity contribution in [3.63, 3.8) is 0 Å². The van der Waals surface area contributed by atoms with Crippen LogP contribution in [-0.2, 0) is 39.7 Å². The molecule has 54 heavy (non-hydrogen) atoms. The normalized spacial score (nSPS) is 42.1. The van der Waals surface area contributed by atoms with Crippen molar-refractivity contribution >= 4 is 23.4 Å². The molecule has 3 fully saturated rings. The number of hydrogen-bond acceptors (Lipinski definition) is 11. The van der Waals surface area contributed by atoms with Gasteiger partial charge in [-0.3, -0.25) is 9.59 Å². The summed E-state index contributed by atoms with van der Waals surface area (Å²) in [6.45, 7) is 13.0. The zero-order chi connectivity index (χ0) is 40.3. The minimum Gasteiger partial charge on any atom is -0.387 e. The fraction of sp³-hybridized carbons (Fsp3) is 0.800. The maximum atomic E-state index is 14.4. The van der Waals surface area contributed by atoms with E-state index in [4.69, 9.17) is 35.3 Å². The van der Waals surface area contributed by atoms with E-state index in [1.54, 1.807) is 45.7 Å². The molecule has 3 saturated heterocycles. The van der Waals surface area contributed by atoms with E-state index in [0.717, 1.165) is 5.56 Å². The number of nitrogens with one attached hydrogen (secondary N) is 1. The highest BCUT2D eigenvalue weighted by Gasteiger charge is 2.51. The molecular weight excluding hydrogens is 718 g/mol. The molecule has 3 aliphatic heterocycles. The summed E-state index contributed by atoms with van der Waals surface area (Å²) < 4.78 is 31.7. The molecule has 0 spiro atoms. The summed E-state index contributed by atoms with van der Waals surface area (Å²) >= 11 is 6.31. The van der Waals surface area contributed by atoms with Crippen LogP contribution in [0.4, 0.5) is 0 Å². The number of hydrogen-bond donors (Lipinski definition) is 4. The van der Waals surface area contributed by atoms with Crippen molar-refractivity contribution in [1.29, 1.82) is 0 Å². The van der Waals surface area contributed by atoms with Gasteiger partial charge < -0.3 is 54.1 Å². The summed E-state index contributed by atoms with van der Waals surface area (Å²) in [5.41, 5.74) is -1.68. The van der Waals surface area contributed by atoms with Crippen LogP contribution in [0.25, 0.3) is 0 Å². The van der Waals surface area contributed by atoms with E-state index in [2.05, 4.69) is 5.32 Å². The molecule has 1 aromatic carbocycles. The van der Waals surface area contributed by atoms with Gasteiger partial charge in [0.1, 0.15) is 12.2 Å². The molecule has 1 aromatic rings. The lowest BCUT2D eigenvalue weighted by molar-refractivity contribution is -0.317. The van der Waals surface area contributed by atoms with Crippen LogP contribution >= 0.6 is 11.6 Å². The van der Waals surface area contributed by atoms with Crippen LogP contribution in [0.2, 0.25) is 5.02 Å². The number of rotatable bonds is 8. The van der Waals surface area contributed by atoms with Gasteiger partial charge in [0.2, 0.25) is 11.8 Å². The number of amides is 2. The van der Waals surface area contributed by atoms with Gasteiger partial charge in [-0.25, -0.2) is 0 Å². The van der Waals surface area contributed by atoms with Crippen molar-refractivity contribution in [2.45, 2.75) is 153 Å². The van der Waals surface area contributed by atoms with Crippen LogP contribution in [0.1, 0.15) is 79.7 Å². The van der Waals surface area contributed by atoms with E-state index in [9.17, 15) is 24.9 Å². The summed E-state index contributed by atoms with van der Waals surface area (Å²) in [6, 6.07) is 6.51. The zero-order valence-electron chi connectivity index (χ0n) is 34.0. The Balaban J connectivity index is 1.78. The standard InChI is InChI=1S/C40H66ClN3O10/c1-22-19-39(6,49)36(54-38-33(46)30(43(8)9)15-23(2)51-38)24(3)34(53-32-20-40(7,50-11)35(47)26(5)52-32)25(4)37(48)42-29(18-31(45)44(10)21-22)17-27-13-12-14-28(41)16-27/h12-14,16,22-26,29-30,32-36,38,46-47,49H,15,17-21H2,1-11H3,(H,42,48)/t22-,23-,24+,25-,26+,29-,30+,32+,33-,34+,35+,36-,38+,39-,40-/m1/s1.